The first-order chi connectivity index (χ1) is 9.52. The summed E-state index contributed by atoms with van der Waals surface area (Å²) >= 11 is 15.7. The molecule has 0 saturated heterocycles. The molecule has 2 aromatic rings. The SMILES string of the molecule is CCOc1ccc(C(Br)c2ccc(I)c(Cl)c2)cc1Br. The third kappa shape index (κ3) is 3.90. The summed E-state index contributed by atoms with van der Waals surface area (Å²) in [5, 5.41) is 0.776. The van der Waals surface area contributed by atoms with E-state index in [1.54, 1.807) is 0 Å². The van der Waals surface area contributed by atoms with Gasteiger partial charge in [0.1, 0.15) is 5.75 Å². The molecule has 0 heterocycles. The van der Waals surface area contributed by atoms with Crippen molar-refractivity contribution in [2.75, 3.05) is 6.61 Å². The van der Waals surface area contributed by atoms with E-state index in [-0.39, 0.29) is 4.83 Å². The van der Waals surface area contributed by atoms with E-state index in [4.69, 9.17) is 16.3 Å². The average Bonchev–Trinajstić information content (AvgIpc) is 2.43. The zero-order valence-corrected chi connectivity index (χ0v) is 16.8. The Morgan fingerprint density at radius 3 is 2.45 bits per heavy atom. The predicted molar refractivity (Wildman–Crippen MR) is 100 cm³/mol. The molecule has 0 amide bonds. The van der Waals surface area contributed by atoms with E-state index in [0.717, 1.165) is 29.9 Å². The molecule has 2 aromatic carbocycles. The average molecular weight is 530 g/mol. The van der Waals surface area contributed by atoms with Crippen LogP contribution in [0.2, 0.25) is 5.02 Å². The van der Waals surface area contributed by atoms with Crippen LogP contribution in [-0.2, 0) is 0 Å². The predicted octanol–water partition coefficient (Wildman–Crippen LogP) is 6.59. The summed E-state index contributed by atoms with van der Waals surface area (Å²) in [6.45, 7) is 2.63. The van der Waals surface area contributed by atoms with Crippen molar-refractivity contribution in [3.8, 4) is 5.75 Å². The van der Waals surface area contributed by atoms with Crippen molar-refractivity contribution in [2.45, 2.75) is 11.8 Å². The third-order valence-electron chi connectivity index (χ3n) is 2.78. The minimum absolute atomic E-state index is 0.101. The molecule has 0 N–H and O–H groups in total. The first-order valence-corrected chi connectivity index (χ1v) is 9.20. The lowest BCUT2D eigenvalue weighted by atomic mass is 10.0. The van der Waals surface area contributed by atoms with Crippen molar-refractivity contribution in [2.24, 2.45) is 0 Å². The van der Waals surface area contributed by atoms with Gasteiger partial charge in [0.05, 0.1) is 20.9 Å². The van der Waals surface area contributed by atoms with Crippen LogP contribution in [0.4, 0.5) is 0 Å². The van der Waals surface area contributed by atoms with Gasteiger partial charge < -0.3 is 4.74 Å². The van der Waals surface area contributed by atoms with Gasteiger partial charge >= 0.3 is 0 Å². The van der Waals surface area contributed by atoms with E-state index in [2.05, 4.69) is 72.6 Å². The van der Waals surface area contributed by atoms with E-state index < -0.39 is 0 Å². The zero-order valence-electron chi connectivity index (χ0n) is 10.7. The fourth-order valence-electron chi connectivity index (χ4n) is 1.81. The molecule has 1 atom stereocenters. The van der Waals surface area contributed by atoms with E-state index in [1.165, 1.54) is 0 Å². The van der Waals surface area contributed by atoms with Crippen molar-refractivity contribution in [1.82, 2.24) is 0 Å². The molecule has 106 valence electrons. The van der Waals surface area contributed by atoms with Gasteiger partial charge in [-0.25, -0.2) is 0 Å². The van der Waals surface area contributed by atoms with Gasteiger partial charge in [-0.15, -0.1) is 0 Å². The number of rotatable bonds is 4. The Kier molecular flexibility index (Phi) is 6.20. The second-order valence-electron chi connectivity index (χ2n) is 4.16. The Labute approximate surface area is 154 Å². The van der Waals surface area contributed by atoms with Crippen LogP contribution in [0.15, 0.2) is 40.9 Å². The number of halogens is 4. The minimum Gasteiger partial charge on any atom is -0.493 e. The quantitative estimate of drug-likeness (QED) is 0.320. The molecule has 1 unspecified atom stereocenters. The van der Waals surface area contributed by atoms with E-state index in [1.807, 2.05) is 25.1 Å². The molecule has 0 saturated carbocycles. The van der Waals surface area contributed by atoms with Crippen molar-refractivity contribution in [1.29, 1.82) is 0 Å². The first kappa shape index (κ1) is 16.6. The van der Waals surface area contributed by atoms with Crippen LogP contribution in [-0.4, -0.2) is 6.61 Å². The van der Waals surface area contributed by atoms with Gasteiger partial charge in [-0.1, -0.05) is 39.7 Å². The van der Waals surface area contributed by atoms with Crippen LogP contribution in [0.5, 0.6) is 5.75 Å². The van der Waals surface area contributed by atoms with E-state index in [9.17, 15) is 0 Å². The molecule has 0 aliphatic rings. The molecule has 0 fully saturated rings. The molecule has 0 spiro atoms. The van der Waals surface area contributed by atoms with Gasteiger partial charge in [-0.2, -0.15) is 0 Å². The highest BCUT2D eigenvalue weighted by atomic mass is 127. The molecule has 1 nitrogen and oxygen atoms in total. The number of hydrogen-bond donors (Lipinski definition) is 0. The second-order valence-corrected chi connectivity index (χ2v) is 7.50. The molecule has 5 heteroatoms. The maximum atomic E-state index is 6.19. The summed E-state index contributed by atoms with van der Waals surface area (Å²) in [6.07, 6.45) is 0. The summed E-state index contributed by atoms with van der Waals surface area (Å²) in [5.41, 5.74) is 2.28. The lowest BCUT2D eigenvalue weighted by Gasteiger charge is -2.14. The van der Waals surface area contributed by atoms with Gasteiger partial charge in [0.25, 0.3) is 0 Å². The highest BCUT2D eigenvalue weighted by Gasteiger charge is 2.13. The fourth-order valence-corrected chi connectivity index (χ4v) is 3.41. The van der Waals surface area contributed by atoms with Gasteiger partial charge in [0, 0.05) is 3.57 Å². The summed E-state index contributed by atoms with van der Waals surface area (Å²) in [7, 11) is 0. The number of benzene rings is 2. The minimum atomic E-state index is 0.101. The lowest BCUT2D eigenvalue weighted by Crippen LogP contribution is -1.96. The van der Waals surface area contributed by atoms with Gasteiger partial charge in [-0.05, 0) is 80.8 Å². The molecular formula is C15H12Br2ClIO. The van der Waals surface area contributed by atoms with Crippen LogP contribution in [0.25, 0.3) is 0 Å². The molecule has 20 heavy (non-hydrogen) atoms. The van der Waals surface area contributed by atoms with Crippen molar-refractivity contribution >= 4 is 66.1 Å². The fraction of sp³-hybridized carbons (Fsp3) is 0.200. The topological polar surface area (TPSA) is 9.23 Å². The molecule has 0 aromatic heterocycles. The molecular weight excluding hydrogens is 518 g/mol. The monoisotopic (exact) mass is 528 g/mol. The lowest BCUT2D eigenvalue weighted by molar-refractivity contribution is 0.338. The molecule has 0 bridgehead atoms. The van der Waals surface area contributed by atoms with Gasteiger partial charge in [0.2, 0.25) is 0 Å². The standard InChI is InChI=1S/C15H12Br2ClIO/c1-2-20-14-6-4-9(7-11(14)16)15(17)10-3-5-13(19)12(18)8-10/h3-8,15H,2H2,1H3. The summed E-state index contributed by atoms with van der Waals surface area (Å²) < 4.78 is 7.54. The maximum absolute atomic E-state index is 6.19. The zero-order chi connectivity index (χ0) is 14.7. The number of ether oxygens (including phenoxy) is 1. The maximum Gasteiger partial charge on any atom is 0.133 e. The number of hydrogen-bond acceptors (Lipinski definition) is 1. The molecule has 0 aliphatic carbocycles. The Morgan fingerprint density at radius 2 is 1.85 bits per heavy atom. The highest BCUT2D eigenvalue weighted by molar-refractivity contribution is 14.1. The summed E-state index contributed by atoms with van der Waals surface area (Å²) in [5.74, 6) is 0.858. The Bertz CT molecular complexity index is 619. The van der Waals surface area contributed by atoms with Crippen molar-refractivity contribution < 1.29 is 4.74 Å². The Morgan fingerprint density at radius 1 is 1.20 bits per heavy atom. The van der Waals surface area contributed by atoms with E-state index in [0.29, 0.717) is 6.61 Å². The first-order valence-electron chi connectivity index (χ1n) is 6.04. The second kappa shape index (κ2) is 7.47. The van der Waals surface area contributed by atoms with Crippen LogP contribution in [0.1, 0.15) is 22.9 Å². The normalized spacial score (nSPS) is 12.2. The van der Waals surface area contributed by atoms with Crippen LogP contribution < -0.4 is 4.74 Å². The van der Waals surface area contributed by atoms with Crippen LogP contribution in [0.3, 0.4) is 0 Å². The smallest absolute Gasteiger partial charge is 0.133 e. The Balaban J connectivity index is 2.30. The van der Waals surface area contributed by atoms with Crippen molar-refractivity contribution in [3.05, 3.63) is 60.6 Å². The van der Waals surface area contributed by atoms with Crippen LogP contribution in [0, 0.1) is 3.57 Å². The van der Waals surface area contributed by atoms with E-state index >= 15 is 0 Å². The van der Waals surface area contributed by atoms with Gasteiger partial charge in [-0.3, -0.25) is 0 Å². The molecule has 0 aliphatic heterocycles. The van der Waals surface area contributed by atoms with Crippen molar-refractivity contribution in [3.63, 3.8) is 0 Å². The summed E-state index contributed by atoms with van der Waals surface area (Å²) in [6, 6.07) is 12.2. The largest absolute Gasteiger partial charge is 0.493 e. The van der Waals surface area contributed by atoms with Crippen LogP contribution >= 0.6 is 66.1 Å². The number of alkyl halides is 1. The third-order valence-corrected chi connectivity index (χ3v) is 6.03. The van der Waals surface area contributed by atoms with Gasteiger partial charge in [0.15, 0.2) is 0 Å². The Hall–Kier alpha value is 0.220. The molecule has 2 rings (SSSR count). The summed E-state index contributed by atoms with van der Waals surface area (Å²) in [4.78, 5) is 0.101. The highest BCUT2D eigenvalue weighted by Crippen LogP contribution is 2.36. The molecule has 0 radical (unpaired) electrons.